The summed E-state index contributed by atoms with van der Waals surface area (Å²) in [4.78, 5) is 14.0. The quantitative estimate of drug-likeness (QED) is 0.729. The molecule has 1 unspecified atom stereocenters. The van der Waals surface area contributed by atoms with Crippen LogP contribution in [-0.2, 0) is 17.7 Å². The number of carbonyl (C=O) groups excluding carboxylic acids is 1. The van der Waals surface area contributed by atoms with Crippen LogP contribution in [0.2, 0.25) is 5.02 Å². The van der Waals surface area contributed by atoms with Gasteiger partial charge in [0.15, 0.2) is 0 Å². The molecule has 26 heavy (non-hydrogen) atoms. The Kier molecular flexibility index (Phi) is 5.42. The number of carbonyl (C=O) groups is 1. The largest absolute Gasteiger partial charge is 0.454 e. The summed E-state index contributed by atoms with van der Waals surface area (Å²) in [6.45, 7) is 6.65. The monoisotopic (exact) mass is 373 g/mol. The highest BCUT2D eigenvalue weighted by atomic mass is 35.5. The van der Waals surface area contributed by atoms with Crippen molar-refractivity contribution in [2.75, 3.05) is 7.05 Å². The van der Waals surface area contributed by atoms with E-state index in [0.29, 0.717) is 13.0 Å². The zero-order valence-electron chi connectivity index (χ0n) is 15.6. The number of hydrogen-bond acceptors (Lipinski definition) is 3. The van der Waals surface area contributed by atoms with E-state index in [1.165, 1.54) is 0 Å². The maximum Gasteiger partial charge on any atom is 0.412 e. The fraction of sp³-hybridized carbons (Fsp3) is 0.381. The fourth-order valence-electron chi connectivity index (χ4n) is 3.14. The molecule has 3 rings (SSSR count). The number of benzene rings is 2. The molecule has 0 N–H and O–H groups in total. The van der Waals surface area contributed by atoms with Gasteiger partial charge in [-0.2, -0.15) is 0 Å². The third-order valence-electron chi connectivity index (χ3n) is 4.68. The van der Waals surface area contributed by atoms with Crippen molar-refractivity contribution in [2.24, 2.45) is 0 Å². The van der Waals surface area contributed by atoms with E-state index in [9.17, 15) is 4.79 Å². The van der Waals surface area contributed by atoms with Crippen LogP contribution >= 0.6 is 11.6 Å². The van der Waals surface area contributed by atoms with Crippen LogP contribution in [-0.4, -0.2) is 24.3 Å². The number of ether oxygens (including phenoxy) is 2. The fourth-order valence-corrected chi connectivity index (χ4v) is 3.37. The van der Waals surface area contributed by atoms with Crippen LogP contribution in [0.15, 0.2) is 36.4 Å². The molecule has 5 heteroatoms. The zero-order chi connectivity index (χ0) is 18.8. The minimum Gasteiger partial charge on any atom is -0.454 e. The highest BCUT2D eigenvalue weighted by molar-refractivity contribution is 6.31. The molecule has 1 amide bonds. The van der Waals surface area contributed by atoms with Crippen molar-refractivity contribution >= 4 is 17.7 Å². The van der Waals surface area contributed by atoms with Gasteiger partial charge in [0.2, 0.25) is 6.29 Å². The number of fused-ring (bicyclic) bond motifs is 1. The second-order valence-corrected chi connectivity index (χ2v) is 7.42. The molecule has 0 radical (unpaired) electrons. The summed E-state index contributed by atoms with van der Waals surface area (Å²) >= 11 is 6.36. The molecule has 4 nitrogen and oxygen atoms in total. The normalized spacial score (nSPS) is 15.5. The van der Waals surface area contributed by atoms with Gasteiger partial charge in [-0.05, 0) is 35.6 Å². The van der Waals surface area contributed by atoms with Gasteiger partial charge >= 0.3 is 6.09 Å². The number of rotatable bonds is 4. The van der Waals surface area contributed by atoms with Crippen LogP contribution in [0.25, 0.3) is 0 Å². The van der Waals surface area contributed by atoms with Gasteiger partial charge in [-0.3, -0.25) is 0 Å². The maximum absolute atomic E-state index is 12.4. The summed E-state index contributed by atoms with van der Waals surface area (Å²) < 4.78 is 11.6. The molecule has 0 saturated carbocycles. The lowest BCUT2D eigenvalue weighted by Crippen LogP contribution is -2.32. The molecule has 0 aromatic heterocycles. The summed E-state index contributed by atoms with van der Waals surface area (Å²) in [5.74, 6) is 1.09. The summed E-state index contributed by atoms with van der Waals surface area (Å²) in [7, 11) is 1.72. The van der Waals surface area contributed by atoms with E-state index >= 15 is 0 Å². The average molecular weight is 374 g/mol. The molecule has 2 aromatic carbocycles. The van der Waals surface area contributed by atoms with Gasteiger partial charge in [0, 0.05) is 24.2 Å². The molecule has 0 aliphatic carbocycles. The van der Waals surface area contributed by atoms with E-state index in [1.807, 2.05) is 43.3 Å². The van der Waals surface area contributed by atoms with Crippen molar-refractivity contribution in [3.8, 4) is 5.75 Å². The summed E-state index contributed by atoms with van der Waals surface area (Å²) in [5.41, 5.74) is 4.12. The van der Waals surface area contributed by atoms with Crippen LogP contribution in [0, 0.1) is 6.92 Å². The molecule has 0 saturated heterocycles. The molecule has 1 aliphatic heterocycles. The van der Waals surface area contributed by atoms with E-state index in [-0.39, 0.29) is 5.92 Å². The molecule has 138 valence electrons. The molecule has 0 bridgehead atoms. The highest BCUT2D eigenvalue weighted by Crippen LogP contribution is 2.41. The predicted octanol–water partition coefficient (Wildman–Crippen LogP) is 5.30. The smallest absolute Gasteiger partial charge is 0.412 e. The molecular formula is C21H24ClNO3. The van der Waals surface area contributed by atoms with Gasteiger partial charge in [0.05, 0.1) is 6.42 Å². The first-order chi connectivity index (χ1) is 12.4. The average Bonchev–Trinajstić information content (AvgIpc) is 3.02. The Bertz CT molecular complexity index is 805. The van der Waals surface area contributed by atoms with Crippen molar-refractivity contribution in [1.29, 1.82) is 0 Å². The number of nitrogens with zero attached hydrogens (tertiary/aromatic N) is 1. The van der Waals surface area contributed by atoms with Crippen molar-refractivity contribution in [2.45, 2.75) is 45.9 Å². The first-order valence-electron chi connectivity index (χ1n) is 8.81. The minimum absolute atomic E-state index is 0.275. The summed E-state index contributed by atoms with van der Waals surface area (Å²) in [6.07, 6.45) is -0.501. The molecule has 1 heterocycles. The van der Waals surface area contributed by atoms with Crippen molar-refractivity contribution in [3.05, 3.63) is 63.7 Å². The Balaban J connectivity index is 1.69. The van der Waals surface area contributed by atoms with E-state index in [4.69, 9.17) is 21.1 Å². The van der Waals surface area contributed by atoms with Crippen LogP contribution < -0.4 is 4.74 Å². The van der Waals surface area contributed by atoms with Crippen molar-refractivity contribution < 1.29 is 14.3 Å². The predicted molar refractivity (Wildman–Crippen MR) is 103 cm³/mol. The standard InChI is InChI=1S/C21H24ClNO3/c1-13(2)16-10-18(22)14(3)17-11-19(25-20(16)17)26-21(24)23(4)12-15-8-6-5-7-9-15/h5-10,13,19H,11-12H2,1-4H3. The second kappa shape index (κ2) is 7.58. The van der Waals surface area contributed by atoms with E-state index < -0.39 is 12.4 Å². The van der Waals surface area contributed by atoms with Gasteiger partial charge in [-0.1, -0.05) is 55.8 Å². The van der Waals surface area contributed by atoms with Gasteiger partial charge in [0.25, 0.3) is 0 Å². The van der Waals surface area contributed by atoms with Crippen molar-refractivity contribution in [1.82, 2.24) is 4.90 Å². The molecule has 0 fully saturated rings. The third-order valence-corrected chi connectivity index (χ3v) is 5.07. The van der Waals surface area contributed by atoms with Crippen LogP contribution in [0.5, 0.6) is 5.75 Å². The number of halogens is 1. The molecular weight excluding hydrogens is 350 g/mol. The summed E-state index contributed by atoms with van der Waals surface area (Å²) in [5, 5.41) is 0.726. The Morgan fingerprint density at radius 3 is 2.69 bits per heavy atom. The minimum atomic E-state index is -0.620. The van der Waals surface area contributed by atoms with E-state index in [1.54, 1.807) is 11.9 Å². The highest BCUT2D eigenvalue weighted by Gasteiger charge is 2.32. The van der Waals surface area contributed by atoms with Gasteiger partial charge < -0.3 is 14.4 Å². The molecule has 1 aliphatic rings. The second-order valence-electron chi connectivity index (χ2n) is 7.01. The Hall–Kier alpha value is -2.20. The topological polar surface area (TPSA) is 38.8 Å². The molecule has 1 atom stereocenters. The Morgan fingerprint density at radius 2 is 2.04 bits per heavy atom. The lowest BCUT2D eigenvalue weighted by molar-refractivity contribution is -0.0308. The molecule has 0 spiro atoms. The van der Waals surface area contributed by atoms with Crippen LogP contribution in [0.3, 0.4) is 0 Å². The maximum atomic E-state index is 12.4. The van der Waals surface area contributed by atoms with Crippen LogP contribution in [0.1, 0.15) is 42.0 Å². The first-order valence-corrected chi connectivity index (χ1v) is 9.18. The Morgan fingerprint density at radius 1 is 1.35 bits per heavy atom. The van der Waals surface area contributed by atoms with Crippen LogP contribution in [0.4, 0.5) is 4.79 Å². The van der Waals surface area contributed by atoms with E-state index in [2.05, 4.69) is 13.8 Å². The SMILES string of the molecule is Cc1c(Cl)cc(C(C)C)c2c1CC(OC(=O)N(C)Cc1ccccc1)O2. The zero-order valence-corrected chi connectivity index (χ0v) is 16.3. The molecule has 2 aromatic rings. The van der Waals surface area contributed by atoms with Crippen molar-refractivity contribution in [3.63, 3.8) is 0 Å². The third kappa shape index (κ3) is 3.80. The summed E-state index contributed by atoms with van der Waals surface area (Å²) in [6, 6.07) is 11.8. The lowest BCUT2D eigenvalue weighted by Gasteiger charge is -2.20. The van der Waals surface area contributed by atoms with Gasteiger partial charge in [-0.15, -0.1) is 0 Å². The lowest BCUT2D eigenvalue weighted by atomic mass is 9.95. The number of hydrogen-bond donors (Lipinski definition) is 0. The van der Waals surface area contributed by atoms with E-state index in [0.717, 1.165) is 33.0 Å². The number of amides is 1. The van der Waals surface area contributed by atoms with Gasteiger partial charge in [0.1, 0.15) is 5.75 Å². The Labute approximate surface area is 159 Å². The van der Waals surface area contributed by atoms with Gasteiger partial charge in [-0.25, -0.2) is 4.79 Å². The first kappa shape index (κ1) is 18.6.